The lowest BCUT2D eigenvalue weighted by molar-refractivity contribution is -0.113. The van der Waals surface area contributed by atoms with Gasteiger partial charge in [0.1, 0.15) is 17.9 Å². The molecule has 1 aromatic heterocycles. The van der Waals surface area contributed by atoms with Gasteiger partial charge >= 0.3 is 6.09 Å². The van der Waals surface area contributed by atoms with Crippen LogP contribution in [0.4, 0.5) is 19.4 Å². The Morgan fingerprint density at radius 1 is 1.45 bits per heavy atom. The number of aromatic amines is 1. The first-order valence-electron chi connectivity index (χ1n) is 8.91. The quantitative estimate of drug-likeness (QED) is 0.324. The maximum Gasteiger partial charge on any atom is 0.407 e. The SMILES string of the molecule is CN/C(=C\C(=N)C(F)F)C(=O)Nc1cc([C@H]2C[C@@H](OC(=O)NC(C)C)CO2)[nH]n1. The van der Waals surface area contributed by atoms with Gasteiger partial charge in [0.15, 0.2) is 5.82 Å². The van der Waals surface area contributed by atoms with Crippen molar-refractivity contribution in [2.45, 2.75) is 44.9 Å². The van der Waals surface area contributed by atoms with E-state index in [9.17, 15) is 18.4 Å². The Balaban J connectivity index is 1.93. The van der Waals surface area contributed by atoms with Crippen molar-refractivity contribution in [3.63, 3.8) is 0 Å². The van der Waals surface area contributed by atoms with Gasteiger partial charge in [-0.25, -0.2) is 13.6 Å². The van der Waals surface area contributed by atoms with Crippen molar-refractivity contribution < 1.29 is 27.8 Å². The second kappa shape index (κ2) is 9.96. The number of nitrogens with zero attached hydrogens (tertiary/aromatic N) is 1. The summed E-state index contributed by atoms with van der Waals surface area (Å²) in [5.41, 5.74) is -0.633. The van der Waals surface area contributed by atoms with E-state index in [2.05, 4.69) is 26.1 Å². The highest BCUT2D eigenvalue weighted by molar-refractivity contribution is 6.08. The number of rotatable bonds is 8. The number of alkyl halides is 2. The number of halogens is 2. The molecule has 2 rings (SSSR count). The Kier molecular flexibility index (Phi) is 7.65. The number of hydrogen-bond acceptors (Lipinski definition) is 7. The van der Waals surface area contributed by atoms with E-state index in [4.69, 9.17) is 14.9 Å². The summed E-state index contributed by atoms with van der Waals surface area (Å²) >= 11 is 0. The lowest BCUT2D eigenvalue weighted by atomic mass is 10.1. The largest absolute Gasteiger partial charge is 0.444 e. The normalized spacial score (nSPS) is 19.3. The van der Waals surface area contributed by atoms with Gasteiger partial charge in [0.2, 0.25) is 0 Å². The summed E-state index contributed by atoms with van der Waals surface area (Å²) in [5.74, 6) is -0.574. The molecule has 2 amide bonds. The molecule has 0 aromatic carbocycles. The van der Waals surface area contributed by atoms with Gasteiger partial charge < -0.3 is 25.4 Å². The van der Waals surface area contributed by atoms with Crippen LogP contribution in [0.25, 0.3) is 0 Å². The number of likely N-dealkylation sites (N-methyl/N-ethyl adjacent to an activating group) is 1. The van der Waals surface area contributed by atoms with Gasteiger partial charge in [-0.3, -0.25) is 15.3 Å². The van der Waals surface area contributed by atoms with Crippen LogP contribution >= 0.6 is 0 Å². The number of carbonyl (C=O) groups is 2. The summed E-state index contributed by atoms with van der Waals surface area (Å²) in [6.07, 6.45) is -3.17. The lowest BCUT2D eigenvalue weighted by Gasteiger charge is -2.13. The standard InChI is InChI=1S/C17H24F2N6O4/c1-8(2)22-17(27)29-9-4-13(28-7-9)11-6-14(25-24-11)23-16(26)12(21-3)5-10(20)15(18)19/h5-6,8-9,13,15,20-21H,4,7H2,1-3H3,(H,22,27)(H2,23,24,25,26)/b12-5-,20-10?/t9-,13-/m1/s1. The molecule has 160 valence electrons. The zero-order valence-corrected chi connectivity index (χ0v) is 16.2. The molecule has 0 unspecified atom stereocenters. The molecule has 0 saturated carbocycles. The average Bonchev–Trinajstić information content (AvgIpc) is 3.27. The molecule has 2 atom stereocenters. The number of ether oxygens (including phenoxy) is 2. The Morgan fingerprint density at radius 2 is 2.17 bits per heavy atom. The van der Waals surface area contributed by atoms with E-state index < -0.39 is 36.3 Å². The van der Waals surface area contributed by atoms with Crippen molar-refractivity contribution in [2.75, 3.05) is 19.0 Å². The Bertz CT molecular complexity index is 780. The van der Waals surface area contributed by atoms with Crippen LogP contribution in [-0.2, 0) is 14.3 Å². The molecule has 5 N–H and O–H groups in total. The fraction of sp³-hybridized carbons (Fsp3) is 0.529. The molecule has 0 spiro atoms. The summed E-state index contributed by atoms with van der Waals surface area (Å²) in [5, 5.41) is 21.4. The molecule has 10 nitrogen and oxygen atoms in total. The van der Waals surface area contributed by atoms with Crippen LogP contribution in [0, 0.1) is 5.41 Å². The highest BCUT2D eigenvalue weighted by Gasteiger charge is 2.31. The molecular weight excluding hydrogens is 390 g/mol. The van der Waals surface area contributed by atoms with Crippen molar-refractivity contribution in [2.24, 2.45) is 0 Å². The van der Waals surface area contributed by atoms with Crippen LogP contribution in [0.15, 0.2) is 17.8 Å². The number of aromatic nitrogens is 2. The van der Waals surface area contributed by atoms with Gasteiger partial charge in [-0.1, -0.05) is 0 Å². The van der Waals surface area contributed by atoms with Gasteiger partial charge in [-0.05, 0) is 19.9 Å². The van der Waals surface area contributed by atoms with Crippen molar-refractivity contribution in [1.82, 2.24) is 20.8 Å². The molecule has 1 fully saturated rings. The zero-order chi connectivity index (χ0) is 21.6. The molecule has 0 aliphatic carbocycles. The third-order valence-electron chi connectivity index (χ3n) is 3.88. The van der Waals surface area contributed by atoms with Crippen LogP contribution in [-0.4, -0.2) is 60.1 Å². The second-order valence-corrected chi connectivity index (χ2v) is 6.61. The van der Waals surface area contributed by atoms with Crippen LogP contribution in [0.2, 0.25) is 0 Å². The van der Waals surface area contributed by atoms with E-state index >= 15 is 0 Å². The Morgan fingerprint density at radius 3 is 2.79 bits per heavy atom. The highest BCUT2D eigenvalue weighted by atomic mass is 19.3. The first-order valence-corrected chi connectivity index (χ1v) is 8.91. The average molecular weight is 414 g/mol. The minimum atomic E-state index is -2.99. The molecule has 0 bridgehead atoms. The lowest BCUT2D eigenvalue weighted by Crippen LogP contribution is -2.33. The summed E-state index contributed by atoms with van der Waals surface area (Å²) in [4.78, 5) is 23.8. The number of hydrogen-bond donors (Lipinski definition) is 5. The number of anilines is 1. The number of nitrogens with one attached hydrogen (secondary N) is 5. The highest BCUT2D eigenvalue weighted by Crippen LogP contribution is 2.30. The maximum atomic E-state index is 12.5. The number of H-pyrrole nitrogens is 1. The smallest absolute Gasteiger partial charge is 0.407 e. The summed E-state index contributed by atoms with van der Waals surface area (Å²) in [6, 6.07) is 1.49. The zero-order valence-electron chi connectivity index (χ0n) is 16.2. The minimum absolute atomic E-state index is 0.0413. The molecule has 29 heavy (non-hydrogen) atoms. The van der Waals surface area contributed by atoms with E-state index in [0.29, 0.717) is 12.1 Å². The van der Waals surface area contributed by atoms with E-state index in [-0.39, 0.29) is 24.2 Å². The van der Waals surface area contributed by atoms with Crippen LogP contribution < -0.4 is 16.0 Å². The van der Waals surface area contributed by atoms with Gasteiger partial charge in [-0.2, -0.15) is 5.10 Å². The molecule has 0 radical (unpaired) electrons. The maximum absolute atomic E-state index is 12.5. The van der Waals surface area contributed by atoms with Gasteiger partial charge in [0, 0.05) is 25.6 Å². The monoisotopic (exact) mass is 414 g/mol. The van der Waals surface area contributed by atoms with Gasteiger partial charge in [-0.15, -0.1) is 0 Å². The fourth-order valence-corrected chi connectivity index (χ4v) is 2.54. The number of alkyl carbamates (subject to hydrolysis) is 1. The first kappa shape index (κ1) is 22.3. The van der Waals surface area contributed by atoms with Crippen LogP contribution in [0.3, 0.4) is 0 Å². The molecule has 1 aliphatic heterocycles. The minimum Gasteiger partial charge on any atom is -0.444 e. The predicted molar refractivity (Wildman–Crippen MR) is 99.9 cm³/mol. The third-order valence-corrected chi connectivity index (χ3v) is 3.88. The van der Waals surface area contributed by atoms with E-state index in [1.165, 1.54) is 13.1 Å². The molecule has 12 heteroatoms. The van der Waals surface area contributed by atoms with Crippen molar-refractivity contribution in [3.05, 3.63) is 23.5 Å². The van der Waals surface area contributed by atoms with Crippen LogP contribution in [0.1, 0.15) is 32.1 Å². The van der Waals surface area contributed by atoms with Gasteiger partial charge in [0.25, 0.3) is 12.3 Å². The molecule has 1 saturated heterocycles. The number of amides is 2. The molecular formula is C17H24F2N6O4. The van der Waals surface area contributed by atoms with Crippen LogP contribution in [0.5, 0.6) is 0 Å². The predicted octanol–water partition coefficient (Wildman–Crippen LogP) is 1.70. The Hall–Kier alpha value is -3.02. The van der Waals surface area contributed by atoms with Crippen molar-refractivity contribution in [1.29, 1.82) is 5.41 Å². The van der Waals surface area contributed by atoms with Crippen molar-refractivity contribution >= 4 is 23.5 Å². The van der Waals surface area contributed by atoms with E-state index in [1.807, 2.05) is 13.8 Å². The summed E-state index contributed by atoms with van der Waals surface area (Å²) in [6.45, 7) is 3.86. The van der Waals surface area contributed by atoms with E-state index in [1.54, 1.807) is 0 Å². The van der Waals surface area contributed by atoms with E-state index in [0.717, 1.165) is 6.08 Å². The molecule has 2 heterocycles. The molecule has 1 aliphatic rings. The number of carbonyl (C=O) groups excluding carboxylic acids is 2. The topological polar surface area (TPSA) is 141 Å². The second-order valence-electron chi connectivity index (χ2n) is 6.61. The van der Waals surface area contributed by atoms with Gasteiger partial charge in [0.05, 0.1) is 18.0 Å². The summed E-state index contributed by atoms with van der Waals surface area (Å²) < 4.78 is 35.8. The third kappa shape index (κ3) is 6.52. The number of allylic oxidation sites excluding steroid dienone is 1. The fourth-order valence-electron chi connectivity index (χ4n) is 2.54. The molecule has 1 aromatic rings. The Labute approximate surface area is 165 Å². The van der Waals surface area contributed by atoms with Crippen molar-refractivity contribution in [3.8, 4) is 0 Å². The first-order chi connectivity index (χ1) is 13.7. The summed E-state index contributed by atoms with van der Waals surface area (Å²) in [7, 11) is 1.38.